The zero-order valence-electron chi connectivity index (χ0n) is 12.1. The predicted molar refractivity (Wildman–Crippen MR) is 79.7 cm³/mol. The Labute approximate surface area is 130 Å². The second-order valence-electron chi connectivity index (χ2n) is 4.66. The predicted octanol–water partition coefficient (Wildman–Crippen LogP) is 3.18. The first-order chi connectivity index (χ1) is 11.1. The summed E-state index contributed by atoms with van der Waals surface area (Å²) in [5, 5.41) is 14.8. The molecule has 0 radical (unpaired) electrons. The molecule has 0 saturated heterocycles. The molecule has 0 N–H and O–H groups in total. The van der Waals surface area contributed by atoms with Crippen LogP contribution in [-0.4, -0.2) is 20.0 Å². The minimum atomic E-state index is -0.650. The molecule has 0 aliphatic carbocycles. The lowest BCUT2D eigenvalue weighted by Gasteiger charge is -2.09. The third kappa shape index (κ3) is 3.15. The maximum absolute atomic E-state index is 10.9. The van der Waals surface area contributed by atoms with E-state index in [9.17, 15) is 10.1 Å². The first-order valence-corrected chi connectivity index (χ1v) is 6.80. The van der Waals surface area contributed by atoms with Crippen LogP contribution in [0.15, 0.2) is 53.2 Å². The van der Waals surface area contributed by atoms with Crippen molar-refractivity contribution in [1.82, 2.24) is 15.1 Å². The van der Waals surface area contributed by atoms with Crippen LogP contribution in [0.2, 0.25) is 0 Å². The molecule has 0 fully saturated rings. The zero-order chi connectivity index (χ0) is 16.2. The lowest BCUT2D eigenvalue weighted by Crippen LogP contribution is -2.06. The van der Waals surface area contributed by atoms with Gasteiger partial charge in [0.2, 0.25) is 11.6 Å². The fraction of sp³-hybridized carbons (Fsp3) is 0.133. The topological polar surface area (TPSA) is 104 Å². The molecule has 0 saturated carbocycles. The van der Waals surface area contributed by atoms with E-state index in [1.54, 1.807) is 13.0 Å². The van der Waals surface area contributed by atoms with Crippen molar-refractivity contribution in [2.24, 2.45) is 0 Å². The maximum Gasteiger partial charge on any atom is 0.406 e. The van der Waals surface area contributed by atoms with Crippen molar-refractivity contribution in [1.29, 1.82) is 0 Å². The van der Waals surface area contributed by atoms with Crippen LogP contribution in [0.1, 0.15) is 18.9 Å². The molecule has 0 spiro atoms. The average Bonchev–Trinajstić information content (AvgIpc) is 3.06. The summed E-state index contributed by atoms with van der Waals surface area (Å²) in [4.78, 5) is 18.3. The molecule has 2 aromatic heterocycles. The average molecular weight is 312 g/mol. The number of ether oxygens (including phenoxy) is 1. The minimum absolute atomic E-state index is 0.0458. The van der Waals surface area contributed by atoms with Gasteiger partial charge in [0.05, 0.1) is 0 Å². The van der Waals surface area contributed by atoms with E-state index in [-0.39, 0.29) is 17.5 Å². The molecule has 8 nitrogen and oxygen atoms in total. The summed E-state index contributed by atoms with van der Waals surface area (Å²) >= 11 is 0. The highest BCUT2D eigenvalue weighted by molar-refractivity contribution is 5.53. The summed E-state index contributed by atoms with van der Waals surface area (Å²) in [5.41, 5.74) is 0.807. The van der Waals surface area contributed by atoms with Crippen molar-refractivity contribution in [2.75, 3.05) is 0 Å². The first-order valence-electron chi connectivity index (χ1n) is 6.80. The van der Waals surface area contributed by atoms with Gasteiger partial charge in [0.25, 0.3) is 5.89 Å². The van der Waals surface area contributed by atoms with Crippen LogP contribution in [0.25, 0.3) is 11.4 Å². The molecule has 0 amide bonds. The van der Waals surface area contributed by atoms with Gasteiger partial charge in [-0.15, -0.1) is 0 Å². The molecule has 3 rings (SSSR count). The van der Waals surface area contributed by atoms with E-state index < -0.39 is 11.0 Å². The highest BCUT2D eigenvalue weighted by atomic mass is 16.6. The molecule has 8 heteroatoms. The van der Waals surface area contributed by atoms with Crippen molar-refractivity contribution in [3.63, 3.8) is 0 Å². The Morgan fingerprint density at radius 2 is 2.00 bits per heavy atom. The van der Waals surface area contributed by atoms with E-state index >= 15 is 0 Å². The Hall–Kier alpha value is -3.29. The standard InChI is InChI=1S/C15H12N4O4/c1-10(22-12-8-5-9-16-14(12)19(20)21)15-17-13(18-23-15)11-6-3-2-4-7-11/h2-10H,1H3. The summed E-state index contributed by atoms with van der Waals surface area (Å²) in [6, 6.07) is 12.3. The van der Waals surface area contributed by atoms with E-state index in [1.165, 1.54) is 12.3 Å². The van der Waals surface area contributed by atoms with Crippen molar-refractivity contribution < 1.29 is 14.2 Å². The molecule has 1 aromatic carbocycles. The van der Waals surface area contributed by atoms with Gasteiger partial charge in [-0.3, -0.25) is 0 Å². The lowest BCUT2D eigenvalue weighted by atomic mass is 10.2. The van der Waals surface area contributed by atoms with Gasteiger partial charge in [0.1, 0.15) is 6.20 Å². The van der Waals surface area contributed by atoms with Crippen LogP contribution in [0.4, 0.5) is 5.82 Å². The molecule has 116 valence electrons. The Balaban J connectivity index is 1.81. The van der Waals surface area contributed by atoms with Crippen molar-refractivity contribution in [3.05, 3.63) is 64.7 Å². The van der Waals surface area contributed by atoms with Crippen LogP contribution >= 0.6 is 0 Å². The normalized spacial score (nSPS) is 11.9. The van der Waals surface area contributed by atoms with Gasteiger partial charge in [-0.05, 0) is 29.0 Å². The van der Waals surface area contributed by atoms with Crippen LogP contribution < -0.4 is 4.74 Å². The first kappa shape index (κ1) is 14.6. The minimum Gasteiger partial charge on any atom is -0.473 e. The fourth-order valence-corrected chi connectivity index (χ4v) is 1.96. The van der Waals surface area contributed by atoms with E-state index in [2.05, 4.69) is 15.1 Å². The monoisotopic (exact) mass is 312 g/mol. The summed E-state index contributed by atoms with van der Waals surface area (Å²) in [5.74, 6) is 0.338. The molecule has 0 bridgehead atoms. The van der Waals surface area contributed by atoms with E-state index in [0.29, 0.717) is 5.82 Å². The lowest BCUT2D eigenvalue weighted by molar-refractivity contribution is -0.390. The van der Waals surface area contributed by atoms with Crippen molar-refractivity contribution >= 4 is 5.82 Å². The van der Waals surface area contributed by atoms with Crippen LogP contribution in [0.3, 0.4) is 0 Å². The van der Waals surface area contributed by atoms with Crippen molar-refractivity contribution in [3.8, 4) is 17.1 Å². The van der Waals surface area contributed by atoms with Crippen molar-refractivity contribution in [2.45, 2.75) is 13.0 Å². The van der Waals surface area contributed by atoms with Gasteiger partial charge in [0, 0.05) is 5.56 Å². The fourth-order valence-electron chi connectivity index (χ4n) is 1.96. The van der Waals surface area contributed by atoms with Gasteiger partial charge >= 0.3 is 5.82 Å². The number of nitro groups is 1. The quantitative estimate of drug-likeness (QED) is 0.526. The van der Waals surface area contributed by atoms with Crippen LogP contribution in [0.5, 0.6) is 5.75 Å². The van der Waals surface area contributed by atoms with E-state index in [1.807, 2.05) is 30.3 Å². The number of rotatable bonds is 5. The largest absolute Gasteiger partial charge is 0.473 e. The van der Waals surface area contributed by atoms with E-state index in [4.69, 9.17) is 9.26 Å². The Morgan fingerprint density at radius 3 is 2.74 bits per heavy atom. The number of hydrogen-bond acceptors (Lipinski definition) is 7. The smallest absolute Gasteiger partial charge is 0.406 e. The van der Waals surface area contributed by atoms with Gasteiger partial charge in [-0.1, -0.05) is 35.5 Å². The Kier molecular flexibility index (Phi) is 3.96. The molecule has 1 unspecified atom stereocenters. The zero-order valence-corrected chi connectivity index (χ0v) is 12.1. The molecular formula is C15H12N4O4. The number of benzene rings is 1. The van der Waals surface area contributed by atoms with E-state index in [0.717, 1.165) is 5.56 Å². The van der Waals surface area contributed by atoms with Gasteiger partial charge < -0.3 is 19.4 Å². The van der Waals surface area contributed by atoms with Gasteiger partial charge in [-0.2, -0.15) is 4.98 Å². The molecular weight excluding hydrogens is 300 g/mol. The summed E-state index contributed by atoms with van der Waals surface area (Å²) in [6.07, 6.45) is 0.679. The van der Waals surface area contributed by atoms with Crippen LogP contribution in [0, 0.1) is 10.1 Å². The Bertz CT molecular complexity index is 819. The third-order valence-corrected chi connectivity index (χ3v) is 3.05. The third-order valence-electron chi connectivity index (χ3n) is 3.05. The number of pyridine rings is 1. The molecule has 0 aliphatic heterocycles. The van der Waals surface area contributed by atoms with Gasteiger partial charge in [0.15, 0.2) is 6.10 Å². The second-order valence-corrected chi connectivity index (χ2v) is 4.66. The highest BCUT2D eigenvalue weighted by Gasteiger charge is 2.22. The molecule has 1 atom stereocenters. The van der Waals surface area contributed by atoms with Gasteiger partial charge in [-0.25, -0.2) is 0 Å². The summed E-state index contributed by atoms with van der Waals surface area (Å²) in [7, 11) is 0. The summed E-state index contributed by atoms with van der Waals surface area (Å²) in [6.45, 7) is 1.67. The highest BCUT2D eigenvalue weighted by Crippen LogP contribution is 2.28. The number of aromatic nitrogens is 3. The molecule has 0 aliphatic rings. The second kappa shape index (κ2) is 6.22. The van der Waals surface area contributed by atoms with Crippen LogP contribution in [-0.2, 0) is 0 Å². The number of hydrogen-bond donors (Lipinski definition) is 0. The SMILES string of the molecule is CC(Oc1cccnc1[N+](=O)[O-])c1nc(-c2ccccc2)no1. The molecule has 2 heterocycles. The summed E-state index contributed by atoms with van der Waals surface area (Å²) < 4.78 is 10.7. The number of nitrogens with zero attached hydrogens (tertiary/aromatic N) is 4. The molecule has 3 aromatic rings. The maximum atomic E-state index is 10.9. The molecule has 23 heavy (non-hydrogen) atoms. The Morgan fingerprint density at radius 1 is 1.22 bits per heavy atom.